The normalized spacial score (nSPS) is 9.39. The number of nitrogens with zero attached hydrogens (tertiary/aromatic N) is 2. The minimum atomic E-state index is -4.66. The van der Waals surface area contributed by atoms with Gasteiger partial charge in [-0.3, -0.25) is 0 Å². The van der Waals surface area contributed by atoms with Crippen LogP contribution in [0.4, 0.5) is 0 Å². The average Bonchev–Trinajstić information content (AvgIpc) is 2.50. The van der Waals surface area contributed by atoms with Crippen LogP contribution in [-0.2, 0) is 80.4 Å². The van der Waals surface area contributed by atoms with E-state index in [1.807, 2.05) is 0 Å². The molecule has 2 rings (SSSR count). The maximum Gasteiger partial charge on any atom is 2.00 e. The van der Waals surface area contributed by atoms with Crippen molar-refractivity contribution < 1.29 is 97.0 Å². The first-order chi connectivity index (χ1) is 11.2. The quantitative estimate of drug-likeness (QED) is 0.102. The molecule has 16 nitrogen and oxygen atoms in total. The van der Waals surface area contributed by atoms with E-state index in [4.69, 9.17) is 0 Å². The van der Waals surface area contributed by atoms with Crippen LogP contribution in [0, 0.1) is 0 Å². The summed E-state index contributed by atoms with van der Waals surface area (Å²) in [6, 6.07) is 10.8. The van der Waals surface area contributed by atoms with Crippen molar-refractivity contribution in [1.82, 2.24) is 0 Å². The second-order valence-corrected chi connectivity index (χ2v) is 7.17. The zero-order valence-electron chi connectivity index (χ0n) is 17.1. The summed E-state index contributed by atoms with van der Waals surface area (Å²) < 4.78 is 66.6. The van der Waals surface area contributed by atoms with Gasteiger partial charge in [0.05, 0.1) is 22.2 Å². The van der Waals surface area contributed by atoms with Crippen LogP contribution in [0.2, 0.25) is 0 Å². The van der Waals surface area contributed by atoms with E-state index in [-0.39, 0.29) is 82.2 Å². The second-order valence-electron chi connectivity index (χ2n) is 4.47. The van der Waals surface area contributed by atoms with Crippen molar-refractivity contribution in [2.45, 2.75) is 9.79 Å². The van der Waals surface area contributed by atoms with Crippen molar-refractivity contribution in [3.63, 3.8) is 0 Å². The molecule has 0 atom stereocenters. The van der Waals surface area contributed by atoms with Gasteiger partial charge in [-0.05, 0) is 12.1 Å². The first-order valence-corrected chi connectivity index (χ1v) is 9.17. The van der Waals surface area contributed by atoms with E-state index in [2.05, 4.69) is 10.2 Å². The predicted octanol–water partition coefficient (Wildman–Crippen LogP) is -6.24. The van der Waals surface area contributed by atoms with E-state index in [0.29, 0.717) is 0 Å². The fourth-order valence-corrected chi connectivity index (χ4v) is 3.13. The van der Waals surface area contributed by atoms with Crippen molar-refractivity contribution in [2.75, 3.05) is 0 Å². The first-order valence-electron chi connectivity index (χ1n) is 6.36. The zero-order valence-corrected chi connectivity index (χ0v) is 22.8. The van der Waals surface area contributed by atoms with E-state index in [9.17, 15) is 25.9 Å². The third kappa shape index (κ3) is 15.6. The van der Waals surface area contributed by atoms with E-state index in [1.54, 1.807) is 0 Å². The van der Waals surface area contributed by atoms with Crippen LogP contribution in [0.25, 0.3) is 0 Å². The molecular weight excluding hydrogens is 597 g/mol. The molecule has 33 heavy (non-hydrogen) atoms. The van der Waals surface area contributed by atoms with Gasteiger partial charge in [0.1, 0.15) is 20.2 Å². The van der Waals surface area contributed by atoms with Crippen molar-refractivity contribution in [3.8, 4) is 0 Å². The molecule has 0 aliphatic rings. The molecule has 0 amide bonds. The molecule has 0 radical (unpaired) electrons. The summed E-state index contributed by atoms with van der Waals surface area (Å²) in [6.45, 7) is 0. The smallest absolute Gasteiger partial charge is 0.744 e. The van der Waals surface area contributed by atoms with Crippen LogP contribution >= 0.6 is 0 Å². The van der Waals surface area contributed by atoms with Gasteiger partial charge in [-0.15, -0.1) is 0 Å². The van der Waals surface area contributed by atoms with Gasteiger partial charge in [-0.25, -0.2) is 16.8 Å². The standard InChI is InChI=1S/C14H12N2O6S2.Cd.8H2O/c17-23(18,19)13-7-3-1-5-11(13)9-15-16-10-12-6-2-4-8-14(12)24(20,21)22;;;;;;;;;/h1-10H,(H,17,18,19)(H,20,21,22);;8*1H2/q;+2;;;;;;;;/p+4/b15-9+,16-10+;;;;;;;;;. The zero-order chi connectivity index (χ0) is 17.8. The van der Waals surface area contributed by atoms with E-state index >= 15 is 0 Å². The SMILES string of the molecule is O.O.O=S(=O)([O-])c1ccccc1/C=N/N=C/c1ccccc1S(=O)(=O)[O-].[Cd+2].[OH3+].[OH3+].[OH3+].[OH3+].[OH3+].[OH3+]. The maximum absolute atomic E-state index is 11.1. The third-order valence-corrected chi connectivity index (χ3v) is 4.66. The Bertz CT molecular complexity index is 946. The summed E-state index contributed by atoms with van der Waals surface area (Å²) in [5, 5.41) is 7.16. The molecule has 0 aromatic heterocycles. The van der Waals surface area contributed by atoms with Crippen LogP contribution in [0.15, 0.2) is 68.5 Å². The number of rotatable bonds is 5. The van der Waals surface area contributed by atoms with Gasteiger partial charge in [0.15, 0.2) is 0 Å². The molecule has 2 aromatic carbocycles. The Kier molecular flexibility index (Phi) is 35.3. The molecule has 0 aliphatic heterocycles. The Labute approximate surface area is 208 Å². The molecule has 0 aliphatic carbocycles. The van der Waals surface area contributed by atoms with Crippen LogP contribution in [0.3, 0.4) is 0 Å². The van der Waals surface area contributed by atoms with Crippen molar-refractivity contribution in [1.29, 1.82) is 0 Å². The van der Waals surface area contributed by atoms with E-state index in [0.717, 1.165) is 24.6 Å². The van der Waals surface area contributed by atoms with Gasteiger partial charge in [0.25, 0.3) is 0 Å². The van der Waals surface area contributed by atoms with Gasteiger partial charge < -0.3 is 52.9 Å². The molecule has 0 saturated heterocycles. The van der Waals surface area contributed by atoms with Crippen LogP contribution in [0.1, 0.15) is 11.1 Å². The first kappa shape index (κ1) is 52.9. The molecule has 22 N–H and O–H groups in total. The van der Waals surface area contributed by atoms with Gasteiger partial charge in [-0.2, -0.15) is 10.2 Å². The largest absolute Gasteiger partial charge is 2.00 e. The Morgan fingerprint density at radius 3 is 1.06 bits per heavy atom. The molecule has 2 aromatic rings. The van der Waals surface area contributed by atoms with E-state index in [1.165, 1.54) is 36.4 Å². The summed E-state index contributed by atoms with van der Waals surface area (Å²) in [6.07, 6.45) is 2.07. The minimum absolute atomic E-state index is 0. The summed E-state index contributed by atoms with van der Waals surface area (Å²) in [5.41, 5.74) is 0.0729. The fourth-order valence-electron chi connectivity index (χ4n) is 1.82. The maximum atomic E-state index is 11.1. The van der Waals surface area contributed by atoms with Gasteiger partial charge in [-0.1, -0.05) is 36.4 Å². The van der Waals surface area contributed by atoms with E-state index < -0.39 is 30.0 Å². The molecule has 19 heteroatoms. The monoisotopic (exact) mass is 630 g/mol. The average molecular weight is 629 g/mol. The second kappa shape index (κ2) is 22.0. The van der Waals surface area contributed by atoms with Gasteiger partial charge in [0.2, 0.25) is 0 Å². The summed E-state index contributed by atoms with van der Waals surface area (Å²) in [5.74, 6) is 0. The molecule has 0 fully saturated rings. The van der Waals surface area contributed by atoms with Gasteiger partial charge >= 0.3 is 27.3 Å². The Morgan fingerprint density at radius 2 is 0.818 bits per heavy atom. The summed E-state index contributed by atoms with van der Waals surface area (Å²) in [4.78, 5) is -0.905. The Balaban J connectivity index is -0.000000116. The summed E-state index contributed by atoms with van der Waals surface area (Å²) in [7, 11) is -9.33. The topological polar surface area (TPSA) is 400 Å². The molecule has 0 unspecified atom stereocenters. The Hall–Kier alpha value is -1.80. The third-order valence-electron chi connectivity index (χ3n) is 2.84. The molecule has 0 spiro atoms. The van der Waals surface area contributed by atoms with Crippen molar-refractivity contribution >= 4 is 32.7 Å². The van der Waals surface area contributed by atoms with Crippen LogP contribution in [-0.4, -0.2) is 49.3 Å². The van der Waals surface area contributed by atoms with Crippen LogP contribution in [0.5, 0.6) is 0 Å². The van der Waals surface area contributed by atoms with Crippen LogP contribution < -0.4 is 0 Å². The molecule has 0 heterocycles. The number of hydrogen-bond acceptors (Lipinski definition) is 8. The molecule has 190 valence electrons. The van der Waals surface area contributed by atoms with Crippen molar-refractivity contribution in [3.05, 3.63) is 59.7 Å². The number of benzene rings is 2. The number of hydrogen-bond donors (Lipinski definition) is 0. The Morgan fingerprint density at radius 1 is 0.576 bits per heavy atom. The van der Waals surface area contributed by atoms with Crippen molar-refractivity contribution in [2.24, 2.45) is 10.2 Å². The summed E-state index contributed by atoms with van der Waals surface area (Å²) >= 11 is 0. The minimum Gasteiger partial charge on any atom is -0.744 e. The fraction of sp³-hybridized carbons (Fsp3) is 0. The molecule has 0 saturated carbocycles. The van der Waals surface area contributed by atoms with Gasteiger partial charge in [0, 0.05) is 11.1 Å². The molecule has 0 bridgehead atoms. The molecular formula is C14H32CdN2O14S2+6. The predicted molar refractivity (Wildman–Crippen MR) is 120 cm³/mol.